The molecular weight excluding hydrogens is 434 g/mol. The Morgan fingerprint density at radius 2 is 1.82 bits per heavy atom. The molecule has 176 valence electrons. The van der Waals surface area contributed by atoms with Crippen LogP contribution in [0.2, 0.25) is 0 Å². The highest BCUT2D eigenvalue weighted by Crippen LogP contribution is 2.29. The average molecular weight is 462 g/mol. The van der Waals surface area contributed by atoms with E-state index < -0.39 is 10.8 Å². The summed E-state index contributed by atoms with van der Waals surface area (Å²) in [5.41, 5.74) is 2.28. The van der Waals surface area contributed by atoms with Crippen molar-refractivity contribution in [1.29, 1.82) is 0 Å². The number of anilines is 2. The fourth-order valence-corrected chi connectivity index (χ4v) is 3.51. The van der Waals surface area contributed by atoms with E-state index in [4.69, 9.17) is 0 Å². The molecule has 34 heavy (non-hydrogen) atoms. The summed E-state index contributed by atoms with van der Waals surface area (Å²) < 4.78 is 0. The standard InChI is InChI=1S/C25H27N5O4/c1-4-29(18(3)31)16-20-9-5-6-11-22(20)28-25(32)19-12-13-23(24(15-19)30(33)34)27-17(2)21-10-7-8-14-26-21/h5-15,17,27H,4,16H2,1-3H3,(H,28,32). The number of carbonyl (C=O) groups is 2. The molecule has 0 spiro atoms. The molecule has 0 saturated heterocycles. The Hall–Kier alpha value is -4.27. The number of para-hydroxylation sites is 1. The van der Waals surface area contributed by atoms with Crippen molar-refractivity contribution in [2.75, 3.05) is 17.2 Å². The molecule has 0 radical (unpaired) electrons. The molecule has 0 saturated carbocycles. The molecule has 2 N–H and O–H groups in total. The number of pyridine rings is 1. The molecule has 2 aromatic carbocycles. The smallest absolute Gasteiger partial charge is 0.293 e. The van der Waals surface area contributed by atoms with Crippen molar-refractivity contribution < 1.29 is 14.5 Å². The van der Waals surface area contributed by atoms with Crippen molar-refractivity contribution in [2.24, 2.45) is 0 Å². The second kappa shape index (κ2) is 11.0. The summed E-state index contributed by atoms with van der Waals surface area (Å²) in [5, 5.41) is 17.6. The zero-order chi connectivity index (χ0) is 24.7. The molecule has 1 atom stereocenters. The van der Waals surface area contributed by atoms with Crippen molar-refractivity contribution in [1.82, 2.24) is 9.88 Å². The van der Waals surface area contributed by atoms with Gasteiger partial charge in [0.15, 0.2) is 0 Å². The van der Waals surface area contributed by atoms with Gasteiger partial charge in [-0.3, -0.25) is 24.7 Å². The minimum atomic E-state index is -0.524. The number of rotatable bonds is 9. The SMILES string of the molecule is CCN(Cc1ccccc1NC(=O)c1ccc(NC(C)c2ccccn2)c([N+](=O)[O-])c1)C(C)=O. The topological polar surface area (TPSA) is 117 Å². The maximum atomic E-state index is 12.9. The summed E-state index contributed by atoms with van der Waals surface area (Å²) >= 11 is 0. The Balaban J connectivity index is 1.82. The number of nitro benzene ring substituents is 1. The van der Waals surface area contributed by atoms with E-state index in [0.717, 1.165) is 11.3 Å². The normalized spacial score (nSPS) is 11.4. The summed E-state index contributed by atoms with van der Waals surface area (Å²) in [6, 6.07) is 16.7. The maximum Gasteiger partial charge on any atom is 0.293 e. The van der Waals surface area contributed by atoms with Crippen molar-refractivity contribution in [3.8, 4) is 0 Å². The second-order valence-electron chi connectivity index (χ2n) is 7.75. The maximum absolute atomic E-state index is 12.9. The van der Waals surface area contributed by atoms with E-state index in [2.05, 4.69) is 15.6 Å². The van der Waals surface area contributed by atoms with E-state index in [1.54, 1.807) is 29.3 Å². The van der Waals surface area contributed by atoms with E-state index in [1.165, 1.54) is 25.1 Å². The lowest BCUT2D eigenvalue weighted by Gasteiger charge is -2.21. The molecular formula is C25H27N5O4. The highest BCUT2D eigenvalue weighted by Gasteiger charge is 2.20. The molecule has 0 aliphatic rings. The molecule has 2 amide bonds. The largest absolute Gasteiger partial charge is 0.371 e. The Morgan fingerprint density at radius 3 is 2.47 bits per heavy atom. The number of hydrogen-bond donors (Lipinski definition) is 2. The van der Waals surface area contributed by atoms with Crippen molar-refractivity contribution >= 4 is 28.9 Å². The van der Waals surface area contributed by atoms with Gasteiger partial charge in [-0.05, 0) is 49.7 Å². The van der Waals surface area contributed by atoms with Gasteiger partial charge >= 0.3 is 0 Å². The van der Waals surface area contributed by atoms with E-state index in [-0.39, 0.29) is 23.2 Å². The fourth-order valence-electron chi connectivity index (χ4n) is 3.51. The van der Waals surface area contributed by atoms with E-state index in [0.29, 0.717) is 24.5 Å². The van der Waals surface area contributed by atoms with Gasteiger partial charge in [0.1, 0.15) is 5.69 Å². The highest BCUT2D eigenvalue weighted by molar-refractivity contribution is 6.05. The zero-order valence-electron chi connectivity index (χ0n) is 19.3. The predicted octanol–water partition coefficient (Wildman–Crippen LogP) is 4.78. The van der Waals surface area contributed by atoms with Gasteiger partial charge in [0.25, 0.3) is 11.6 Å². The third-order valence-corrected chi connectivity index (χ3v) is 5.41. The number of hydrogen-bond acceptors (Lipinski definition) is 6. The summed E-state index contributed by atoms with van der Waals surface area (Å²) in [7, 11) is 0. The molecule has 9 heteroatoms. The molecule has 3 rings (SSSR count). The first-order valence-electron chi connectivity index (χ1n) is 10.9. The van der Waals surface area contributed by atoms with Crippen LogP contribution in [0.3, 0.4) is 0 Å². The first-order chi connectivity index (χ1) is 16.3. The van der Waals surface area contributed by atoms with Crippen molar-refractivity contribution in [3.05, 3.63) is 93.8 Å². The first kappa shape index (κ1) is 24.4. The van der Waals surface area contributed by atoms with Gasteiger partial charge in [-0.25, -0.2) is 0 Å². The van der Waals surface area contributed by atoms with Crippen LogP contribution in [0.1, 0.15) is 48.4 Å². The third kappa shape index (κ3) is 5.94. The average Bonchev–Trinajstić information content (AvgIpc) is 2.83. The second-order valence-corrected chi connectivity index (χ2v) is 7.75. The monoisotopic (exact) mass is 461 g/mol. The van der Waals surface area contributed by atoms with Crippen LogP contribution in [0.15, 0.2) is 66.9 Å². The van der Waals surface area contributed by atoms with Gasteiger partial charge in [0, 0.05) is 43.5 Å². The number of amides is 2. The van der Waals surface area contributed by atoms with Crippen LogP contribution in [0, 0.1) is 10.1 Å². The molecule has 1 unspecified atom stereocenters. The molecule has 0 aliphatic carbocycles. The molecule has 0 aliphatic heterocycles. The lowest BCUT2D eigenvalue weighted by Crippen LogP contribution is -2.28. The Kier molecular flexibility index (Phi) is 7.92. The van der Waals surface area contributed by atoms with Crippen LogP contribution in [-0.2, 0) is 11.3 Å². The fraction of sp³-hybridized carbons (Fsp3) is 0.240. The van der Waals surface area contributed by atoms with Gasteiger partial charge in [-0.15, -0.1) is 0 Å². The van der Waals surface area contributed by atoms with Gasteiger partial charge in [-0.2, -0.15) is 0 Å². The van der Waals surface area contributed by atoms with Crippen LogP contribution >= 0.6 is 0 Å². The molecule has 0 fully saturated rings. The number of nitrogens with zero attached hydrogens (tertiary/aromatic N) is 3. The van der Waals surface area contributed by atoms with Gasteiger partial charge in [-0.1, -0.05) is 24.3 Å². The van der Waals surface area contributed by atoms with Gasteiger partial charge in [0.2, 0.25) is 5.91 Å². The number of nitrogens with one attached hydrogen (secondary N) is 2. The Bertz CT molecular complexity index is 1180. The molecule has 0 bridgehead atoms. The summed E-state index contributed by atoms with van der Waals surface area (Å²) in [6.45, 7) is 6.11. The minimum Gasteiger partial charge on any atom is -0.371 e. The van der Waals surface area contributed by atoms with E-state index in [9.17, 15) is 19.7 Å². The highest BCUT2D eigenvalue weighted by atomic mass is 16.6. The van der Waals surface area contributed by atoms with Gasteiger partial charge in [0.05, 0.1) is 16.7 Å². The van der Waals surface area contributed by atoms with Crippen LogP contribution < -0.4 is 10.6 Å². The number of benzene rings is 2. The summed E-state index contributed by atoms with van der Waals surface area (Å²) in [6.07, 6.45) is 1.66. The number of carbonyl (C=O) groups excluding carboxylic acids is 2. The van der Waals surface area contributed by atoms with Crippen LogP contribution in [0.25, 0.3) is 0 Å². The molecule has 9 nitrogen and oxygen atoms in total. The van der Waals surface area contributed by atoms with Crippen LogP contribution in [-0.4, -0.2) is 33.2 Å². The van der Waals surface area contributed by atoms with Crippen LogP contribution in [0.5, 0.6) is 0 Å². The van der Waals surface area contributed by atoms with Crippen molar-refractivity contribution in [3.63, 3.8) is 0 Å². The lowest BCUT2D eigenvalue weighted by atomic mass is 10.1. The quantitative estimate of drug-likeness (QED) is 0.350. The first-order valence-corrected chi connectivity index (χ1v) is 10.9. The summed E-state index contributed by atoms with van der Waals surface area (Å²) in [4.78, 5) is 41.9. The number of nitro groups is 1. The third-order valence-electron chi connectivity index (χ3n) is 5.41. The van der Waals surface area contributed by atoms with E-state index >= 15 is 0 Å². The molecule has 3 aromatic rings. The molecule has 1 aromatic heterocycles. The van der Waals surface area contributed by atoms with Crippen LogP contribution in [0.4, 0.5) is 17.1 Å². The predicted molar refractivity (Wildman–Crippen MR) is 131 cm³/mol. The Morgan fingerprint density at radius 1 is 1.09 bits per heavy atom. The molecule has 1 heterocycles. The van der Waals surface area contributed by atoms with E-state index in [1.807, 2.05) is 38.1 Å². The van der Waals surface area contributed by atoms with Gasteiger partial charge < -0.3 is 15.5 Å². The Labute approximate surface area is 198 Å². The summed E-state index contributed by atoms with van der Waals surface area (Å²) in [5.74, 6) is -0.548. The lowest BCUT2D eigenvalue weighted by molar-refractivity contribution is -0.384. The van der Waals surface area contributed by atoms with Crippen molar-refractivity contribution in [2.45, 2.75) is 33.4 Å². The zero-order valence-corrected chi connectivity index (χ0v) is 19.3. The number of aromatic nitrogens is 1. The minimum absolute atomic E-state index is 0.0673.